The van der Waals surface area contributed by atoms with Crippen LogP contribution >= 0.6 is 0 Å². The van der Waals surface area contributed by atoms with Gasteiger partial charge < -0.3 is 5.11 Å². The molecule has 0 spiro atoms. The van der Waals surface area contributed by atoms with Crippen LogP contribution in [0.4, 0.5) is 18.9 Å². The maximum Gasteiger partial charge on any atom is 0.442 e. The largest absolute Gasteiger partial charge is 0.442 e. The highest BCUT2D eigenvalue weighted by Gasteiger charge is 2.43. The van der Waals surface area contributed by atoms with Crippen molar-refractivity contribution in [1.29, 1.82) is 0 Å². The van der Waals surface area contributed by atoms with Crippen LogP contribution in [-0.4, -0.2) is 25.9 Å². The lowest BCUT2D eigenvalue weighted by atomic mass is 9.90. The number of nitro groups is 1. The molecule has 0 aromatic carbocycles. The summed E-state index contributed by atoms with van der Waals surface area (Å²) in [6.45, 7) is 0. The zero-order chi connectivity index (χ0) is 12.8. The van der Waals surface area contributed by atoms with Crippen LogP contribution < -0.4 is 0 Å². The van der Waals surface area contributed by atoms with Crippen molar-refractivity contribution in [2.45, 2.75) is 31.2 Å². The van der Waals surface area contributed by atoms with Gasteiger partial charge in [-0.3, -0.25) is 14.8 Å². The van der Waals surface area contributed by atoms with Crippen LogP contribution in [-0.2, 0) is 6.18 Å². The Bertz CT molecular complexity index is 451. The SMILES string of the molecule is O=[N+]([O-])c1cn(C2CC(O)C2)nc1C(F)(F)F. The third-order valence-corrected chi connectivity index (χ3v) is 2.64. The molecule has 1 heterocycles. The fourth-order valence-corrected chi connectivity index (χ4v) is 1.68. The molecule has 0 radical (unpaired) electrons. The van der Waals surface area contributed by atoms with Crippen molar-refractivity contribution in [3.63, 3.8) is 0 Å². The standard InChI is InChI=1S/C8H8F3N3O3/c9-8(10,11)7-6(14(16)17)3-13(12-7)4-1-5(15)2-4/h3-5,15H,1-2H2. The van der Waals surface area contributed by atoms with E-state index in [-0.39, 0.29) is 12.8 Å². The summed E-state index contributed by atoms with van der Waals surface area (Å²) in [5, 5.41) is 22.7. The smallest absolute Gasteiger partial charge is 0.393 e. The lowest BCUT2D eigenvalue weighted by molar-refractivity contribution is -0.388. The number of hydrogen-bond acceptors (Lipinski definition) is 4. The molecule has 9 heteroatoms. The Hall–Kier alpha value is -1.64. The van der Waals surface area contributed by atoms with Crippen molar-refractivity contribution in [3.8, 4) is 0 Å². The molecule has 1 aromatic heterocycles. The Morgan fingerprint density at radius 3 is 2.47 bits per heavy atom. The number of alkyl halides is 3. The van der Waals surface area contributed by atoms with Gasteiger partial charge in [-0.2, -0.15) is 18.3 Å². The zero-order valence-electron chi connectivity index (χ0n) is 8.39. The van der Waals surface area contributed by atoms with Crippen molar-refractivity contribution >= 4 is 5.69 Å². The minimum atomic E-state index is -4.85. The molecule has 1 N–H and O–H groups in total. The lowest BCUT2D eigenvalue weighted by Crippen LogP contribution is -2.31. The summed E-state index contributed by atoms with van der Waals surface area (Å²) in [7, 11) is 0. The van der Waals surface area contributed by atoms with Crippen molar-refractivity contribution in [3.05, 3.63) is 22.0 Å². The Morgan fingerprint density at radius 2 is 2.12 bits per heavy atom. The fraction of sp³-hybridized carbons (Fsp3) is 0.625. The highest BCUT2D eigenvalue weighted by Crippen LogP contribution is 2.38. The summed E-state index contributed by atoms with van der Waals surface area (Å²) in [6.07, 6.45) is -4.14. The Morgan fingerprint density at radius 1 is 1.53 bits per heavy atom. The first kappa shape index (κ1) is 11.8. The molecule has 0 bridgehead atoms. The van der Waals surface area contributed by atoms with Gasteiger partial charge in [-0.1, -0.05) is 0 Å². The molecule has 2 rings (SSSR count). The third-order valence-electron chi connectivity index (χ3n) is 2.64. The normalized spacial score (nSPS) is 24.5. The molecule has 0 amide bonds. The molecule has 0 atom stereocenters. The van der Waals surface area contributed by atoms with Gasteiger partial charge in [0.15, 0.2) is 0 Å². The molecule has 1 aromatic rings. The molecular formula is C8H8F3N3O3. The van der Waals surface area contributed by atoms with E-state index in [1.165, 1.54) is 0 Å². The number of aromatic nitrogens is 2. The highest BCUT2D eigenvalue weighted by molar-refractivity contribution is 5.35. The summed E-state index contributed by atoms with van der Waals surface area (Å²) < 4.78 is 38.3. The number of nitrogens with zero attached hydrogens (tertiary/aromatic N) is 3. The molecule has 1 saturated carbocycles. The number of rotatable bonds is 2. The maximum atomic E-state index is 12.5. The topological polar surface area (TPSA) is 81.2 Å². The zero-order valence-corrected chi connectivity index (χ0v) is 8.39. The molecule has 94 valence electrons. The van der Waals surface area contributed by atoms with Gasteiger partial charge >= 0.3 is 11.9 Å². The van der Waals surface area contributed by atoms with E-state index in [1.807, 2.05) is 0 Å². The van der Waals surface area contributed by atoms with Gasteiger partial charge in [0.2, 0.25) is 5.69 Å². The molecule has 1 aliphatic carbocycles. The number of aliphatic hydroxyl groups is 1. The first-order chi connectivity index (χ1) is 7.79. The van der Waals surface area contributed by atoms with Crippen molar-refractivity contribution in [1.82, 2.24) is 9.78 Å². The highest BCUT2D eigenvalue weighted by atomic mass is 19.4. The second-order valence-electron chi connectivity index (χ2n) is 3.88. The quantitative estimate of drug-likeness (QED) is 0.638. The number of hydrogen-bond donors (Lipinski definition) is 1. The van der Waals surface area contributed by atoms with E-state index in [4.69, 9.17) is 5.11 Å². The van der Waals surface area contributed by atoms with E-state index >= 15 is 0 Å². The summed E-state index contributed by atoms with van der Waals surface area (Å²) in [5.74, 6) is 0. The average molecular weight is 251 g/mol. The van der Waals surface area contributed by atoms with E-state index in [0.717, 1.165) is 10.9 Å². The Kier molecular flexibility index (Phi) is 2.57. The Labute approximate surface area is 92.8 Å². The van der Waals surface area contributed by atoms with E-state index in [1.54, 1.807) is 0 Å². The van der Waals surface area contributed by atoms with Gasteiger partial charge in [0.25, 0.3) is 0 Å². The monoisotopic (exact) mass is 251 g/mol. The van der Waals surface area contributed by atoms with Crippen LogP contribution in [0.3, 0.4) is 0 Å². The van der Waals surface area contributed by atoms with E-state index in [9.17, 15) is 23.3 Å². The van der Waals surface area contributed by atoms with Crippen molar-refractivity contribution in [2.75, 3.05) is 0 Å². The molecular weight excluding hydrogens is 243 g/mol. The maximum absolute atomic E-state index is 12.5. The number of halogens is 3. The van der Waals surface area contributed by atoms with Crippen LogP contribution in [0.25, 0.3) is 0 Å². The van der Waals surface area contributed by atoms with Gasteiger partial charge in [-0.25, -0.2) is 0 Å². The van der Waals surface area contributed by atoms with Crippen LogP contribution in [0.2, 0.25) is 0 Å². The van der Waals surface area contributed by atoms with Crippen molar-refractivity contribution < 1.29 is 23.2 Å². The predicted molar refractivity (Wildman–Crippen MR) is 48.2 cm³/mol. The van der Waals surface area contributed by atoms with Gasteiger partial charge in [-0.05, 0) is 12.8 Å². The summed E-state index contributed by atoms with van der Waals surface area (Å²) >= 11 is 0. The van der Waals surface area contributed by atoms with Crippen LogP contribution in [0.5, 0.6) is 0 Å². The summed E-state index contributed by atoms with van der Waals surface area (Å²) in [5.41, 5.74) is -2.55. The predicted octanol–water partition coefficient (Wildman–Crippen LogP) is 1.51. The first-order valence-corrected chi connectivity index (χ1v) is 4.78. The molecule has 1 aliphatic rings. The summed E-state index contributed by atoms with van der Waals surface area (Å²) in [6, 6.07) is -0.403. The van der Waals surface area contributed by atoms with E-state index in [0.29, 0.717) is 0 Å². The first-order valence-electron chi connectivity index (χ1n) is 4.78. The van der Waals surface area contributed by atoms with E-state index < -0.39 is 34.6 Å². The lowest BCUT2D eigenvalue weighted by Gasteiger charge is -2.31. The Balaban J connectivity index is 2.35. The molecule has 17 heavy (non-hydrogen) atoms. The second kappa shape index (κ2) is 3.69. The molecule has 0 aliphatic heterocycles. The van der Waals surface area contributed by atoms with Crippen LogP contribution in [0.1, 0.15) is 24.6 Å². The van der Waals surface area contributed by atoms with Crippen molar-refractivity contribution in [2.24, 2.45) is 0 Å². The van der Waals surface area contributed by atoms with Crippen LogP contribution in [0, 0.1) is 10.1 Å². The number of aliphatic hydroxyl groups excluding tert-OH is 1. The molecule has 0 unspecified atom stereocenters. The van der Waals surface area contributed by atoms with Crippen LogP contribution in [0.15, 0.2) is 6.20 Å². The van der Waals surface area contributed by atoms with Gasteiger partial charge in [0.1, 0.15) is 6.20 Å². The van der Waals surface area contributed by atoms with E-state index in [2.05, 4.69) is 5.10 Å². The fourth-order valence-electron chi connectivity index (χ4n) is 1.68. The average Bonchev–Trinajstić information content (AvgIpc) is 2.56. The minimum Gasteiger partial charge on any atom is -0.393 e. The molecule has 6 nitrogen and oxygen atoms in total. The second-order valence-corrected chi connectivity index (χ2v) is 3.88. The van der Waals surface area contributed by atoms with Gasteiger partial charge in [0.05, 0.1) is 17.1 Å². The van der Waals surface area contributed by atoms with Gasteiger partial charge in [-0.15, -0.1) is 0 Å². The summed E-state index contributed by atoms with van der Waals surface area (Å²) in [4.78, 5) is 9.37. The molecule has 1 fully saturated rings. The minimum absolute atomic E-state index is 0.260. The molecule has 0 saturated heterocycles. The third kappa shape index (κ3) is 2.09. The van der Waals surface area contributed by atoms with Gasteiger partial charge in [0, 0.05) is 0 Å².